The van der Waals surface area contributed by atoms with Crippen LogP contribution >= 0.6 is 12.6 Å². The fraction of sp³-hybridized carbons (Fsp3) is 0.700. The predicted molar refractivity (Wildman–Crippen MR) is 133 cm³/mol. The summed E-state index contributed by atoms with van der Waals surface area (Å²) in [6, 6.07) is -4.57. The molecular formula is C20H38N8O6S. The smallest absolute Gasteiger partial charge is 0.326 e. The fourth-order valence-electron chi connectivity index (χ4n) is 2.93. The van der Waals surface area contributed by atoms with E-state index in [1.807, 2.05) is 0 Å². The van der Waals surface area contributed by atoms with Gasteiger partial charge in [-0.15, -0.1) is 0 Å². The molecule has 0 fully saturated rings. The molecule has 0 aliphatic carbocycles. The van der Waals surface area contributed by atoms with Crippen molar-refractivity contribution < 1.29 is 29.1 Å². The minimum absolute atomic E-state index is 0.0316. The van der Waals surface area contributed by atoms with Crippen molar-refractivity contribution in [3.8, 4) is 0 Å². The van der Waals surface area contributed by atoms with E-state index in [9.17, 15) is 29.1 Å². The lowest BCUT2D eigenvalue weighted by Gasteiger charge is -2.25. The Bertz CT molecular complexity index is 775. The SMILES string of the molecule is CC(C)CC(NC(=O)C(CCC(N)=O)NC(=O)C(CCCN=C(N)N)NC(=O)C(N)CS)C(=O)O. The molecule has 0 aromatic carbocycles. The summed E-state index contributed by atoms with van der Waals surface area (Å²) >= 11 is 3.96. The second kappa shape index (κ2) is 16.5. The predicted octanol–water partition coefficient (Wildman–Crippen LogP) is -2.85. The number of hydrogen-bond donors (Lipinski definition) is 9. The van der Waals surface area contributed by atoms with Crippen molar-refractivity contribution in [2.75, 3.05) is 12.3 Å². The van der Waals surface area contributed by atoms with Crippen LogP contribution in [0.1, 0.15) is 46.0 Å². The van der Waals surface area contributed by atoms with E-state index in [4.69, 9.17) is 22.9 Å². The normalized spacial score (nSPS) is 14.2. The zero-order valence-electron chi connectivity index (χ0n) is 20.0. The van der Waals surface area contributed by atoms with Crippen LogP contribution in [0.2, 0.25) is 0 Å². The first-order chi connectivity index (χ1) is 16.3. The van der Waals surface area contributed by atoms with Crippen molar-refractivity contribution in [3.63, 3.8) is 0 Å². The number of nitrogens with one attached hydrogen (secondary N) is 3. The number of amides is 4. The molecule has 0 aliphatic rings. The van der Waals surface area contributed by atoms with E-state index in [1.54, 1.807) is 13.8 Å². The lowest BCUT2D eigenvalue weighted by atomic mass is 10.0. The number of guanidine groups is 1. The monoisotopic (exact) mass is 518 g/mol. The van der Waals surface area contributed by atoms with Gasteiger partial charge in [0.25, 0.3) is 0 Å². The lowest BCUT2D eigenvalue weighted by molar-refractivity contribution is -0.143. The highest BCUT2D eigenvalue weighted by molar-refractivity contribution is 7.80. The Hall–Kier alpha value is -3.07. The minimum atomic E-state index is -1.28. The summed E-state index contributed by atoms with van der Waals surface area (Å²) in [5.41, 5.74) is 21.4. The van der Waals surface area contributed by atoms with E-state index < -0.39 is 53.8 Å². The summed E-state index contributed by atoms with van der Waals surface area (Å²) in [7, 11) is 0. The largest absolute Gasteiger partial charge is 0.480 e. The zero-order valence-corrected chi connectivity index (χ0v) is 20.9. The summed E-state index contributed by atoms with van der Waals surface area (Å²) in [6.45, 7) is 3.76. The molecule has 4 amide bonds. The third kappa shape index (κ3) is 14.0. The van der Waals surface area contributed by atoms with Gasteiger partial charge in [-0.25, -0.2) is 4.79 Å². The number of hydrogen-bond acceptors (Lipinski definition) is 8. The Morgan fingerprint density at radius 2 is 1.40 bits per heavy atom. The molecule has 0 rings (SSSR count). The topological polar surface area (TPSA) is 258 Å². The van der Waals surface area contributed by atoms with Crippen molar-refractivity contribution in [2.24, 2.45) is 33.8 Å². The number of thiol groups is 1. The molecule has 12 N–H and O–H groups in total. The summed E-state index contributed by atoms with van der Waals surface area (Å²) in [4.78, 5) is 64.7. The number of primary amides is 1. The Morgan fingerprint density at radius 3 is 1.86 bits per heavy atom. The van der Waals surface area contributed by atoms with Crippen LogP contribution in [0.15, 0.2) is 4.99 Å². The molecule has 0 bridgehead atoms. The van der Waals surface area contributed by atoms with Crippen LogP contribution in [-0.4, -0.2) is 77.1 Å². The quantitative estimate of drug-likeness (QED) is 0.0414. The van der Waals surface area contributed by atoms with Crippen molar-refractivity contribution in [2.45, 2.75) is 70.1 Å². The number of aliphatic carboxylic acids is 1. The number of nitrogens with zero attached hydrogens (tertiary/aromatic N) is 1. The van der Waals surface area contributed by atoms with Crippen LogP contribution in [0.25, 0.3) is 0 Å². The van der Waals surface area contributed by atoms with Gasteiger partial charge in [-0.05, 0) is 31.6 Å². The molecule has 0 aliphatic heterocycles. The molecule has 4 unspecified atom stereocenters. The molecule has 4 atom stereocenters. The van der Waals surface area contributed by atoms with Gasteiger partial charge in [-0.3, -0.25) is 24.2 Å². The first-order valence-corrected chi connectivity index (χ1v) is 11.8. The molecule has 0 heterocycles. The third-order valence-electron chi connectivity index (χ3n) is 4.75. The van der Waals surface area contributed by atoms with Gasteiger partial charge >= 0.3 is 5.97 Å². The highest BCUT2D eigenvalue weighted by atomic mass is 32.1. The van der Waals surface area contributed by atoms with Gasteiger partial charge in [-0.2, -0.15) is 12.6 Å². The molecule has 0 saturated carbocycles. The van der Waals surface area contributed by atoms with E-state index in [0.29, 0.717) is 6.42 Å². The number of rotatable bonds is 17. The third-order valence-corrected chi connectivity index (χ3v) is 5.14. The maximum Gasteiger partial charge on any atom is 0.326 e. The van der Waals surface area contributed by atoms with Gasteiger partial charge in [0.05, 0.1) is 6.04 Å². The van der Waals surface area contributed by atoms with E-state index in [1.165, 1.54) is 0 Å². The number of carbonyl (C=O) groups is 5. The highest BCUT2D eigenvalue weighted by Gasteiger charge is 2.30. The summed E-state index contributed by atoms with van der Waals surface area (Å²) in [5, 5.41) is 16.8. The second-order valence-corrected chi connectivity index (χ2v) is 8.76. The van der Waals surface area contributed by atoms with Gasteiger partial charge in [-0.1, -0.05) is 13.8 Å². The van der Waals surface area contributed by atoms with Crippen LogP contribution in [0.4, 0.5) is 0 Å². The number of nitrogens with two attached hydrogens (primary N) is 4. The maximum absolute atomic E-state index is 13.0. The van der Waals surface area contributed by atoms with Crippen molar-refractivity contribution in [1.82, 2.24) is 16.0 Å². The van der Waals surface area contributed by atoms with Crippen molar-refractivity contribution in [1.29, 1.82) is 0 Å². The van der Waals surface area contributed by atoms with Crippen LogP contribution in [-0.2, 0) is 24.0 Å². The minimum Gasteiger partial charge on any atom is -0.480 e. The zero-order chi connectivity index (χ0) is 27.1. The molecule has 0 radical (unpaired) electrons. The van der Waals surface area contributed by atoms with Crippen molar-refractivity contribution in [3.05, 3.63) is 0 Å². The molecule has 0 aromatic rings. The number of aliphatic imine (C=N–C) groups is 1. The number of carboxylic acid groups (broad SMARTS) is 1. The Morgan fingerprint density at radius 1 is 0.886 bits per heavy atom. The first kappa shape index (κ1) is 31.9. The summed E-state index contributed by atoms with van der Waals surface area (Å²) < 4.78 is 0. The van der Waals surface area contributed by atoms with Gasteiger partial charge in [0, 0.05) is 18.7 Å². The average molecular weight is 519 g/mol. The standard InChI is InChI=1S/C20H38N8O6S/c1-10(2)8-14(19(33)34)28-18(32)13(5-6-15(22)29)27-17(31)12(4-3-7-25-20(23)24)26-16(30)11(21)9-35/h10-14,35H,3-9,21H2,1-2H3,(H2,22,29)(H,26,30)(H,27,31)(H,28,32)(H,33,34)(H4,23,24,25). The molecule has 0 aromatic heterocycles. The van der Waals surface area contributed by atoms with Crippen LogP contribution < -0.4 is 38.9 Å². The van der Waals surface area contributed by atoms with Crippen LogP contribution in [0.3, 0.4) is 0 Å². The fourth-order valence-corrected chi connectivity index (χ4v) is 3.09. The summed E-state index contributed by atoms with van der Waals surface area (Å²) in [6.07, 6.45) is 0.142. The van der Waals surface area contributed by atoms with Gasteiger partial charge in [0.2, 0.25) is 23.6 Å². The summed E-state index contributed by atoms with van der Waals surface area (Å²) in [5.74, 6) is -4.26. The molecule has 0 spiro atoms. The molecule has 14 nitrogen and oxygen atoms in total. The second-order valence-electron chi connectivity index (χ2n) is 8.39. The highest BCUT2D eigenvalue weighted by Crippen LogP contribution is 2.08. The van der Waals surface area contributed by atoms with E-state index in [2.05, 4.69) is 33.6 Å². The molecule has 200 valence electrons. The van der Waals surface area contributed by atoms with Crippen LogP contribution in [0.5, 0.6) is 0 Å². The van der Waals surface area contributed by atoms with E-state index in [0.717, 1.165) is 0 Å². The van der Waals surface area contributed by atoms with Gasteiger partial charge in [0.15, 0.2) is 5.96 Å². The van der Waals surface area contributed by atoms with Crippen LogP contribution in [0, 0.1) is 5.92 Å². The first-order valence-electron chi connectivity index (χ1n) is 11.1. The lowest BCUT2D eigenvalue weighted by Crippen LogP contribution is -2.57. The molecular weight excluding hydrogens is 480 g/mol. The molecule has 0 saturated heterocycles. The number of carbonyl (C=O) groups excluding carboxylic acids is 4. The Labute approximate surface area is 209 Å². The number of carboxylic acids is 1. The van der Waals surface area contributed by atoms with Gasteiger partial charge < -0.3 is 44.0 Å². The Balaban J connectivity index is 5.61. The molecule has 35 heavy (non-hydrogen) atoms. The Kier molecular flexibility index (Phi) is 15.1. The average Bonchev–Trinajstić information content (AvgIpc) is 2.76. The van der Waals surface area contributed by atoms with Gasteiger partial charge in [0.1, 0.15) is 18.1 Å². The maximum atomic E-state index is 13.0. The molecule has 15 heteroatoms. The van der Waals surface area contributed by atoms with E-state index in [-0.39, 0.29) is 49.9 Å². The van der Waals surface area contributed by atoms with Crippen molar-refractivity contribution >= 4 is 48.2 Å². The van der Waals surface area contributed by atoms with E-state index >= 15 is 0 Å².